The van der Waals surface area contributed by atoms with Gasteiger partial charge in [0.25, 0.3) is 0 Å². The van der Waals surface area contributed by atoms with Crippen LogP contribution in [-0.2, 0) is 10.2 Å². The van der Waals surface area contributed by atoms with Crippen LogP contribution in [0.5, 0.6) is 11.5 Å². The third kappa shape index (κ3) is 2.12. The summed E-state index contributed by atoms with van der Waals surface area (Å²) >= 11 is 0. The number of hydrogen-bond acceptors (Lipinski definition) is 4. The molecule has 1 aromatic carbocycles. The van der Waals surface area contributed by atoms with E-state index >= 15 is 0 Å². The van der Waals surface area contributed by atoms with Gasteiger partial charge < -0.3 is 14.4 Å². The second-order valence-corrected chi connectivity index (χ2v) is 6.66. The maximum Gasteiger partial charge on any atom is 0.161 e. The van der Waals surface area contributed by atoms with Crippen molar-refractivity contribution in [1.29, 1.82) is 0 Å². The average molecular weight is 303 g/mol. The van der Waals surface area contributed by atoms with Crippen molar-refractivity contribution < 1.29 is 14.3 Å². The molecule has 0 bridgehead atoms. The number of ether oxygens (including phenoxy) is 2. The van der Waals surface area contributed by atoms with Crippen molar-refractivity contribution in [2.75, 3.05) is 27.8 Å². The van der Waals surface area contributed by atoms with Crippen LogP contribution in [-0.4, -0.2) is 44.5 Å². The first kappa shape index (κ1) is 15.3. The molecule has 0 amide bonds. The second kappa shape index (κ2) is 5.58. The minimum Gasteiger partial charge on any atom is -0.493 e. The van der Waals surface area contributed by atoms with E-state index in [1.165, 1.54) is 5.56 Å². The summed E-state index contributed by atoms with van der Waals surface area (Å²) in [5.74, 6) is 2.02. The number of hydrogen-bond donors (Lipinski definition) is 0. The van der Waals surface area contributed by atoms with Crippen molar-refractivity contribution >= 4 is 5.78 Å². The van der Waals surface area contributed by atoms with Gasteiger partial charge in [-0.15, -0.1) is 0 Å². The molecule has 2 aliphatic rings. The number of rotatable bonds is 3. The Balaban J connectivity index is 2.07. The summed E-state index contributed by atoms with van der Waals surface area (Å²) in [6.07, 6.45) is 2.71. The normalized spacial score (nSPS) is 31.9. The van der Waals surface area contributed by atoms with Crippen molar-refractivity contribution in [2.45, 2.75) is 37.6 Å². The highest BCUT2D eigenvalue weighted by molar-refractivity contribution is 5.83. The predicted molar refractivity (Wildman–Crippen MR) is 85.7 cm³/mol. The van der Waals surface area contributed by atoms with Gasteiger partial charge in [-0.2, -0.15) is 0 Å². The highest BCUT2D eigenvalue weighted by Gasteiger charge is 2.53. The van der Waals surface area contributed by atoms with Crippen molar-refractivity contribution in [2.24, 2.45) is 5.92 Å². The molecule has 1 aromatic rings. The fourth-order valence-corrected chi connectivity index (χ4v) is 4.57. The van der Waals surface area contributed by atoms with Crippen LogP contribution in [0, 0.1) is 5.92 Å². The Morgan fingerprint density at radius 3 is 2.59 bits per heavy atom. The van der Waals surface area contributed by atoms with Crippen LogP contribution in [0.3, 0.4) is 0 Å². The lowest BCUT2D eigenvalue weighted by Gasteiger charge is -2.44. The second-order valence-electron chi connectivity index (χ2n) is 6.66. The zero-order valence-corrected chi connectivity index (χ0v) is 13.9. The molecule has 4 nitrogen and oxygen atoms in total. The Morgan fingerprint density at radius 2 is 1.91 bits per heavy atom. The van der Waals surface area contributed by atoms with E-state index in [9.17, 15) is 4.79 Å². The van der Waals surface area contributed by atoms with Crippen molar-refractivity contribution in [3.05, 3.63) is 23.8 Å². The zero-order valence-electron chi connectivity index (χ0n) is 13.9. The molecule has 1 heterocycles. The van der Waals surface area contributed by atoms with Crippen LogP contribution in [0.15, 0.2) is 18.2 Å². The van der Waals surface area contributed by atoms with E-state index in [2.05, 4.69) is 31.0 Å². The van der Waals surface area contributed by atoms with Gasteiger partial charge in [-0.05, 0) is 44.1 Å². The van der Waals surface area contributed by atoms with Crippen LogP contribution in [0.25, 0.3) is 0 Å². The fraction of sp³-hybridized carbons (Fsp3) is 0.611. The number of likely N-dealkylation sites (tertiary alicyclic amines) is 1. The molecule has 0 spiro atoms. The summed E-state index contributed by atoms with van der Waals surface area (Å²) in [6.45, 7) is 3.13. The molecule has 22 heavy (non-hydrogen) atoms. The maximum atomic E-state index is 12.2. The topological polar surface area (TPSA) is 38.8 Å². The van der Waals surface area contributed by atoms with Crippen LogP contribution < -0.4 is 9.47 Å². The first-order chi connectivity index (χ1) is 10.5. The molecule has 3 atom stereocenters. The van der Waals surface area contributed by atoms with Gasteiger partial charge in [0.15, 0.2) is 11.5 Å². The summed E-state index contributed by atoms with van der Waals surface area (Å²) in [5.41, 5.74) is 1.33. The van der Waals surface area contributed by atoms with Gasteiger partial charge in [0.2, 0.25) is 0 Å². The molecule has 4 heteroatoms. The average Bonchev–Trinajstić information content (AvgIpc) is 2.89. The Labute approximate surface area is 132 Å². The van der Waals surface area contributed by atoms with Crippen molar-refractivity contribution in [1.82, 2.24) is 4.90 Å². The number of carbonyl (C=O) groups is 1. The molecule has 0 aromatic heterocycles. The largest absolute Gasteiger partial charge is 0.493 e. The van der Waals surface area contributed by atoms with Crippen LogP contribution in [0.4, 0.5) is 0 Å². The minimum absolute atomic E-state index is 0.0572. The Kier molecular flexibility index (Phi) is 3.89. The summed E-state index contributed by atoms with van der Waals surface area (Å²) in [6, 6.07) is 6.52. The lowest BCUT2D eigenvalue weighted by molar-refractivity contribution is -0.127. The van der Waals surface area contributed by atoms with Gasteiger partial charge in [-0.25, -0.2) is 0 Å². The SMILES string of the molecule is COc1ccc([C@@]23CCC(=O)[C@@H](C)C2N(C)CC3)cc1OC. The first-order valence-corrected chi connectivity index (χ1v) is 7.99. The van der Waals surface area contributed by atoms with Gasteiger partial charge in [0.05, 0.1) is 14.2 Å². The Bertz CT molecular complexity index is 586. The van der Waals surface area contributed by atoms with Crippen LogP contribution in [0.1, 0.15) is 31.7 Å². The monoisotopic (exact) mass is 303 g/mol. The maximum absolute atomic E-state index is 12.2. The lowest BCUT2D eigenvalue weighted by atomic mass is 9.62. The molecular formula is C18H25NO3. The molecule has 2 fully saturated rings. The van der Waals surface area contributed by atoms with E-state index in [1.54, 1.807) is 14.2 Å². The third-order valence-corrected chi connectivity index (χ3v) is 5.71. The minimum atomic E-state index is 0.0572. The molecular weight excluding hydrogens is 278 g/mol. The molecule has 1 aliphatic carbocycles. The number of benzene rings is 1. The lowest BCUT2D eigenvalue weighted by Crippen LogP contribution is -2.51. The van der Waals surface area contributed by atoms with Crippen molar-refractivity contribution in [3.63, 3.8) is 0 Å². The summed E-state index contributed by atoms with van der Waals surface area (Å²) in [4.78, 5) is 14.6. The number of fused-ring (bicyclic) bond motifs is 1. The smallest absolute Gasteiger partial charge is 0.161 e. The quantitative estimate of drug-likeness (QED) is 0.860. The molecule has 1 aliphatic heterocycles. The van der Waals surface area contributed by atoms with Gasteiger partial charge in [0.1, 0.15) is 5.78 Å². The molecule has 0 radical (unpaired) electrons. The predicted octanol–water partition coefficient (Wildman–Crippen LogP) is 2.64. The third-order valence-electron chi connectivity index (χ3n) is 5.71. The standard InChI is InChI=1S/C18H25NO3/c1-12-14(20)7-8-18(9-10-19(2)17(12)18)13-5-6-15(21-3)16(11-13)22-4/h5-6,11-12,17H,7-10H2,1-4H3/t12-,17?,18+/m1/s1. The van der Waals surface area contributed by atoms with E-state index < -0.39 is 0 Å². The number of carbonyl (C=O) groups excluding carboxylic acids is 1. The van der Waals surface area contributed by atoms with Crippen LogP contribution in [0.2, 0.25) is 0 Å². The fourth-order valence-electron chi connectivity index (χ4n) is 4.57. The molecule has 1 unspecified atom stereocenters. The molecule has 3 rings (SSSR count). The van der Waals surface area contributed by atoms with E-state index in [0.717, 1.165) is 30.9 Å². The highest BCUT2D eigenvalue weighted by atomic mass is 16.5. The Hall–Kier alpha value is -1.55. The van der Waals surface area contributed by atoms with Gasteiger partial charge in [-0.3, -0.25) is 4.79 Å². The summed E-state index contributed by atoms with van der Waals surface area (Å²) in [5, 5.41) is 0. The van der Waals surface area contributed by atoms with E-state index in [-0.39, 0.29) is 17.4 Å². The highest BCUT2D eigenvalue weighted by Crippen LogP contribution is 2.50. The van der Waals surface area contributed by atoms with E-state index in [1.807, 2.05) is 6.07 Å². The van der Waals surface area contributed by atoms with E-state index in [4.69, 9.17) is 9.47 Å². The number of nitrogens with zero attached hydrogens (tertiary/aromatic N) is 1. The molecule has 1 saturated carbocycles. The number of likely N-dealkylation sites (N-methyl/N-ethyl adjacent to an activating group) is 1. The van der Waals surface area contributed by atoms with E-state index in [0.29, 0.717) is 12.2 Å². The van der Waals surface area contributed by atoms with Gasteiger partial charge in [-0.1, -0.05) is 13.0 Å². The Morgan fingerprint density at radius 1 is 1.18 bits per heavy atom. The number of ketones is 1. The van der Waals surface area contributed by atoms with Gasteiger partial charge >= 0.3 is 0 Å². The van der Waals surface area contributed by atoms with Crippen molar-refractivity contribution in [3.8, 4) is 11.5 Å². The molecule has 1 saturated heterocycles. The number of methoxy groups -OCH3 is 2. The zero-order chi connectivity index (χ0) is 15.9. The number of Topliss-reactive ketones (excluding diaryl/α,β-unsaturated/α-hetero) is 1. The first-order valence-electron chi connectivity index (χ1n) is 7.99. The van der Waals surface area contributed by atoms with Gasteiger partial charge in [0, 0.05) is 23.8 Å². The summed E-state index contributed by atoms with van der Waals surface area (Å²) in [7, 11) is 5.47. The summed E-state index contributed by atoms with van der Waals surface area (Å²) < 4.78 is 10.8. The van der Waals surface area contributed by atoms with Crippen LogP contribution >= 0.6 is 0 Å². The molecule has 120 valence electrons. The molecule has 0 N–H and O–H groups in total.